The van der Waals surface area contributed by atoms with Gasteiger partial charge in [0, 0.05) is 30.4 Å². The number of rotatable bonds is 4. The Morgan fingerprint density at radius 3 is 3.00 bits per heavy atom. The first kappa shape index (κ1) is 18.0. The van der Waals surface area contributed by atoms with E-state index in [0.717, 1.165) is 25.1 Å². The van der Waals surface area contributed by atoms with Gasteiger partial charge in [-0.1, -0.05) is 12.1 Å². The zero-order valence-electron chi connectivity index (χ0n) is 15.7. The van der Waals surface area contributed by atoms with E-state index < -0.39 is 23.7 Å². The highest BCUT2D eigenvalue weighted by atomic mass is 32.1. The van der Waals surface area contributed by atoms with Gasteiger partial charge in [0.15, 0.2) is 11.2 Å². The molecular weight excluding hydrogens is 393 g/mol. The van der Waals surface area contributed by atoms with Crippen LogP contribution in [-0.2, 0) is 24.3 Å². The number of anilines is 1. The predicted octanol–water partition coefficient (Wildman–Crippen LogP) is 3.07. The number of amides is 2. The molecule has 5 rings (SSSR count). The van der Waals surface area contributed by atoms with E-state index in [-0.39, 0.29) is 12.1 Å². The molecule has 7 nitrogen and oxygen atoms in total. The molecule has 0 saturated carbocycles. The van der Waals surface area contributed by atoms with Crippen LogP contribution in [-0.4, -0.2) is 31.2 Å². The Labute approximate surface area is 170 Å². The number of imidazole rings is 1. The van der Waals surface area contributed by atoms with Gasteiger partial charge in [-0.15, -0.1) is 11.3 Å². The van der Waals surface area contributed by atoms with Crippen LogP contribution in [0.15, 0.2) is 30.0 Å². The lowest BCUT2D eigenvalue weighted by molar-refractivity contribution is -0.121. The number of nitrogens with zero attached hydrogens (tertiary/aromatic N) is 4. The van der Waals surface area contributed by atoms with Crippen LogP contribution >= 0.6 is 11.3 Å². The Morgan fingerprint density at radius 2 is 2.21 bits per heavy atom. The molecule has 0 aliphatic carbocycles. The van der Waals surface area contributed by atoms with Crippen molar-refractivity contribution in [3.63, 3.8) is 0 Å². The van der Waals surface area contributed by atoms with Crippen molar-refractivity contribution in [3.8, 4) is 0 Å². The van der Waals surface area contributed by atoms with E-state index in [1.54, 1.807) is 37.0 Å². The summed E-state index contributed by atoms with van der Waals surface area (Å²) in [5, 5.41) is 4.99. The first-order valence-electron chi connectivity index (χ1n) is 9.38. The lowest BCUT2D eigenvalue weighted by Crippen LogP contribution is -2.38. The predicted molar refractivity (Wildman–Crippen MR) is 105 cm³/mol. The smallest absolute Gasteiger partial charge is 0.258 e. The fourth-order valence-corrected chi connectivity index (χ4v) is 4.63. The zero-order chi connectivity index (χ0) is 20.1. The second kappa shape index (κ2) is 6.77. The molecule has 9 heteroatoms. The lowest BCUT2D eigenvalue weighted by Gasteiger charge is -2.26. The van der Waals surface area contributed by atoms with Gasteiger partial charge in [-0.25, -0.2) is 14.4 Å². The van der Waals surface area contributed by atoms with Crippen LogP contribution in [0.4, 0.5) is 9.52 Å². The highest BCUT2D eigenvalue weighted by Gasteiger charge is 2.42. The van der Waals surface area contributed by atoms with Crippen LogP contribution in [0.5, 0.6) is 0 Å². The quantitative estimate of drug-likeness (QED) is 0.716. The summed E-state index contributed by atoms with van der Waals surface area (Å²) in [6.45, 7) is 2.62. The Kier molecular flexibility index (Phi) is 4.20. The Balaban J connectivity index is 1.56. The topological polar surface area (TPSA) is 80.1 Å². The van der Waals surface area contributed by atoms with Crippen LogP contribution in [0.2, 0.25) is 0 Å². The average molecular weight is 411 g/mol. The summed E-state index contributed by atoms with van der Waals surface area (Å²) >= 11 is 1.29. The number of carbonyl (C=O) groups is 2. The minimum Gasteiger partial charge on any atom is -0.334 e. The molecule has 0 spiro atoms. The van der Waals surface area contributed by atoms with E-state index in [1.165, 1.54) is 16.2 Å². The van der Waals surface area contributed by atoms with Crippen molar-refractivity contribution in [3.05, 3.63) is 63.9 Å². The number of halogens is 1. The molecular formula is C20H18FN5O2S. The molecule has 0 saturated heterocycles. The van der Waals surface area contributed by atoms with Crippen molar-refractivity contribution >= 4 is 28.3 Å². The van der Waals surface area contributed by atoms with Gasteiger partial charge in [-0.2, -0.15) is 0 Å². The van der Waals surface area contributed by atoms with Crippen molar-refractivity contribution in [2.75, 3.05) is 5.32 Å². The molecule has 1 atom stereocenters. The number of fused-ring (bicyclic) bond motifs is 2. The molecule has 2 amide bonds. The molecule has 2 aliphatic heterocycles. The van der Waals surface area contributed by atoms with E-state index >= 15 is 0 Å². The molecule has 0 radical (unpaired) electrons. The van der Waals surface area contributed by atoms with Crippen molar-refractivity contribution < 1.29 is 14.0 Å². The number of carbonyl (C=O) groups excluding carboxylic acids is 2. The van der Waals surface area contributed by atoms with Gasteiger partial charge in [0.05, 0.1) is 17.6 Å². The maximum atomic E-state index is 14.7. The van der Waals surface area contributed by atoms with Crippen LogP contribution in [0, 0.1) is 12.7 Å². The standard InChI is InChI=1S/C20H18FN5O2S/c1-11-4-5-12-9-26(19(28)14(12)15(11)21)17(18(27)24-20-22-6-8-29-20)16-13-3-2-7-25(13)10-23-16/h4-6,8,10,17H,2-3,7,9H2,1H3,(H,22,24,27). The molecule has 2 aromatic heterocycles. The number of nitrogens with one attached hydrogen (secondary N) is 1. The number of hydrogen-bond donors (Lipinski definition) is 1. The summed E-state index contributed by atoms with van der Waals surface area (Å²) in [4.78, 5) is 36.4. The summed E-state index contributed by atoms with van der Waals surface area (Å²) in [6.07, 6.45) is 5.06. The van der Waals surface area contributed by atoms with Crippen molar-refractivity contribution in [1.82, 2.24) is 19.4 Å². The first-order chi connectivity index (χ1) is 14.0. The summed E-state index contributed by atoms with van der Waals surface area (Å²) in [5.41, 5.74) is 2.54. The molecule has 148 valence electrons. The molecule has 1 N–H and O–H groups in total. The molecule has 3 aromatic rings. The molecule has 2 aliphatic rings. The third kappa shape index (κ3) is 2.84. The second-order valence-electron chi connectivity index (χ2n) is 7.27. The van der Waals surface area contributed by atoms with Gasteiger partial charge in [0.2, 0.25) is 0 Å². The Morgan fingerprint density at radius 1 is 1.34 bits per heavy atom. The van der Waals surface area contributed by atoms with Gasteiger partial charge in [-0.3, -0.25) is 14.9 Å². The fraction of sp³-hybridized carbons (Fsp3) is 0.300. The molecule has 29 heavy (non-hydrogen) atoms. The second-order valence-corrected chi connectivity index (χ2v) is 8.16. The van der Waals surface area contributed by atoms with Gasteiger partial charge < -0.3 is 9.47 Å². The molecule has 4 heterocycles. The molecule has 1 unspecified atom stereocenters. The summed E-state index contributed by atoms with van der Waals surface area (Å²) in [7, 11) is 0. The number of aryl methyl sites for hydroxylation is 2. The van der Waals surface area contributed by atoms with Crippen LogP contribution in [0.25, 0.3) is 0 Å². The van der Waals surface area contributed by atoms with Crippen molar-refractivity contribution in [2.45, 2.75) is 38.9 Å². The SMILES string of the molecule is Cc1ccc2c(c1F)C(=O)N(C(C(=O)Nc1nccs1)c1ncn3c1CCC3)C2. The first-order valence-corrected chi connectivity index (χ1v) is 10.3. The Hall–Kier alpha value is -3.07. The molecule has 0 fully saturated rings. The van der Waals surface area contributed by atoms with Gasteiger partial charge >= 0.3 is 0 Å². The van der Waals surface area contributed by atoms with Gasteiger partial charge in [0.25, 0.3) is 11.8 Å². The zero-order valence-corrected chi connectivity index (χ0v) is 16.5. The van der Waals surface area contributed by atoms with Gasteiger partial charge in [-0.05, 0) is 30.9 Å². The maximum Gasteiger partial charge on any atom is 0.258 e. The van der Waals surface area contributed by atoms with Crippen LogP contribution < -0.4 is 5.32 Å². The summed E-state index contributed by atoms with van der Waals surface area (Å²) in [6, 6.07) is 2.45. The minimum absolute atomic E-state index is 0.0490. The minimum atomic E-state index is -0.951. The summed E-state index contributed by atoms with van der Waals surface area (Å²) in [5.74, 6) is -1.41. The van der Waals surface area contributed by atoms with Crippen LogP contribution in [0.1, 0.15) is 45.3 Å². The number of aromatic nitrogens is 3. The largest absolute Gasteiger partial charge is 0.334 e. The lowest BCUT2D eigenvalue weighted by atomic mass is 10.1. The number of thiazole rings is 1. The maximum absolute atomic E-state index is 14.7. The third-order valence-corrected chi connectivity index (χ3v) is 6.20. The highest BCUT2D eigenvalue weighted by Crippen LogP contribution is 2.36. The molecule has 1 aromatic carbocycles. The van der Waals surface area contributed by atoms with Crippen molar-refractivity contribution in [2.24, 2.45) is 0 Å². The highest BCUT2D eigenvalue weighted by molar-refractivity contribution is 7.13. The fourth-order valence-electron chi connectivity index (χ4n) is 4.10. The number of benzene rings is 1. The third-order valence-electron chi connectivity index (χ3n) is 5.51. The van der Waals surface area contributed by atoms with E-state index in [2.05, 4.69) is 15.3 Å². The molecule has 0 bridgehead atoms. The van der Waals surface area contributed by atoms with Gasteiger partial charge in [0.1, 0.15) is 5.82 Å². The van der Waals surface area contributed by atoms with Crippen LogP contribution in [0.3, 0.4) is 0 Å². The van der Waals surface area contributed by atoms with E-state index in [0.29, 0.717) is 22.0 Å². The van der Waals surface area contributed by atoms with E-state index in [1.807, 2.05) is 4.57 Å². The van der Waals surface area contributed by atoms with E-state index in [4.69, 9.17) is 0 Å². The monoisotopic (exact) mass is 411 g/mol. The normalized spacial score (nSPS) is 16.1. The average Bonchev–Trinajstić information content (AvgIpc) is 3.46. The van der Waals surface area contributed by atoms with Crippen molar-refractivity contribution in [1.29, 1.82) is 0 Å². The Bertz CT molecular complexity index is 1120. The summed E-state index contributed by atoms with van der Waals surface area (Å²) < 4.78 is 16.7. The van der Waals surface area contributed by atoms with E-state index in [9.17, 15) is 14.0 Å². The number of hydrogen-bond acceptors (Lipinski definition) is 5.